The van der Waals surface area contributed by atoms with Gasteiger partial charge in [0.15, 0.2) is 0 Å². The first-order chi connectivity index (χ1) is 5.31. The quantitative estimate of drug-likeness (QED) is 0.553. The topological polar surface area (TPSA) is 26.3 Å². The van der Waals surface area contributed by atoms with Crippen LogP contribution >= 0.6 is 34.8 Å². The number of carbonyl (C=O) groups excluding carboxylic acids is 1. The van der Waals surface area contributed by atoms with E-state index in [-0.39, 0.29) is 6.42 Å². The molecule has 0 atom stereocenters. The Bertz CT molecular complexity index is 151. The summed E-state index contributed by atoms with van der Waals surface area (Å²) >= 11 is 16.1. The molecule has 0 aliphatic rings. The van der Waals surface area contributed by atoms with Crippen LogP contribution in [0.25, 0.3) is 0 Å². The monoisotopic (exact) mass is 232 g/mol. The molecule has 0 aromatic carbocycles. The average molecular weight is 234 g/mol. The van der Waals surface area contributed by atoms with E-state index >= 15 is 0 Å². The molecule has 0 bridgehead atoms. The zero-order chi connectivity index (χ0) is 9.78. The normalized spacial score (nSPS) is 11.8. The fraction of sp³-hybridized carbons (Fsp3) is 0.857. The Labute approximate surface area is 87.1 Å². The van der Waals surface area contributed by atoms with Gasteiger partial charge in [0.2, 0.25) is 3.79 Å². The highest BCUT2D eigenvalue weighted by atomic mass is 35.6. The van der Waals surface area contributed by atoms with Crippen LogP contribution in [0.4, 0.5) is 0 Å². The summed E-state index contributed by atoms with van der Waals surface area (Å²) in [6, 6.07) is 0. The molecule has 5 heteroatoms. The second kappa shape index (κ2) is 5.15. The minimum absolute atomic E-state index is 0.204. The third-order valence-electron chi connectivity index (χ3n) is 0.922. The molecule has 72 valence electrons. The van der Waals surface area contributed by atoms with Crippen molar-refractivity contribution >= 4 is 40.8 Å². The lowest BCUT2D eigenvalue weighted by Crippen LogP contribution is -2.16. The highest BCUT2D eigenvalue weighted by Gasteiger charge is 2.25. The van der Waals surface area contributed by atoms with E-state index in [0.29, 0.717) is 12.5 Å². The number of esters is 1. The molecule has 0 heterocycles. The van der Waals surface area contributed by atoms with Crippen molar-refractivity contribution < 1.29 is 9.53 Å². The molecule has 0 aliphatic carbocycles. The van der Waals surface area contributed by atoms with Crippen molar-refractivity contribution in [2.45, 2.75) is 24.1 Å². The van der Waals surface area contributed by atoms with Crippen LogP contribution in [0.3, 0.4) is 0 Å². The highest BCUT2D eigenvalue weighted by molar-refractivity contribution is 6.68. The number of hydrogen-bond donors (Lipinski definition) is 0. The SMILES string of the molecule is CC(C)COC(=O)CC(Cl)(Cl)Cl. The molecule has 0 spiro atoms. The summed E-state index contributed by atoms with van der Waals surface area (Å²) in [6.07, 6.45) is -0.204. The minimum atomic E-state index is -1.55. The van der Waals surface area contributed by atoms with Crippen molar-refractivity contribution in [1.82, 2.24) is 0 Å². The van der Waals surface area contributed by atoms with Gasteiger partial charge >= 0.3 is 5.97 Å². The fourth-order valence-corrected chi connectivity index (χ4v) is 0.802. The first-order valence-corrected chi connectivity index (χ1v) is 4.67. The van der Waals surface area contributed by atoms with Crippen LogP contribution in [0, 0.1) is 5.92 Å². The number of ether oxygens (including phenoxy) is 1. The van der Waals surface area contributed by atoms with Crippen molar-refractivity contribution in [2.24, 2.45) is 5.92 Å². The van der Waals surface area contributed by atoms with Crippen LogP contribution in [-0.2, 0) is 9.53 Å². The number of rotatable bonds is 3. The second-order valence-corrected chi connectivity index (χ2v) is 5.38. The summed E-state index contributed by atoms with van der Waals surface area (Å²) in [6.45, 7) is 4.23. The van der Waals surface area contributed by atoms with E-state index in [0.717, 1.165) is 0 Å². The number of alkyl halides is 3. The van der Waals surface area contributed by atoms with Gasteiger partial charge in [0.25, 0.3) is 0 Å². The van der Waals surface area contributed by atoms with Gasteiger partial charge in [-0.25, -0.2) is 0 Å². The summed E-state index contributed by atoms with van der Waals surface area (Å²) in [5, 5.41) is 0. The predicted octanol–water partition coefficient (Wildman–Crippen LogP) is 2.95. The molecule has 0 radical (unpaired) electrons. The van der Waals surface area contributed by atoms with E-state index in [9.17, 15) is 4.79 Å². The molecule has 0 unspecified atom stereocenters. The standard InChI is InChI=1S/C7H11Cl3O2/c1-5(2)4-12-6(11)3-7(8,9)10/h5H,3-4H2,1-2H3. The zero-order valence-electron chi connectivity index (χ0n) is 6.94. The summed E-state index contributed by atoms with van der Waals surface area (Å²) in [7, 11) is 0. The summed E-state index contributed by atoms with van der Waals surface area (Å²) in [4.78, 5) is 10.9. The predicted molar refractivity (Wildman–Crippen MR) is 50.7 cm³/mol. The fourth-order valence-electron chi connectivity index (χ4n) is 0.474. The Morgan fingerprint density at radius 1 is 1.42 bits per heavy atom. The number of carbonyl (C=O) groups is 1. The summed E-state index contributed by atoms with van der Waals surface area (Å²) < 4.78 is 3.24. The molecular formula is C7H11Cl3O2. The molecule has 0 aliphatic heterocycles. The lowest BCUT2D eigenvalue weighted by atomic mass is 10.2. The first kappa shape index (κ1) is 12.3. The van der Waals surface area contributed by atoms with E-state index in [1.165, 1.54) is 0 Å². The van der Waals surface area contributed by atoms with Crippen molar-refractivity contribution in [3.63, 3.8) is 0 Å². The van der Waals surface area contributed by atoms with Crippen LogP contribution in [0.2, 0.25) is 0 Å². The van der Waals surface area contributed by atoms with Crippen LogP contribution in [0.1, 0.15) is 20.3 Å². The molecule has 0 aromatic heterocycles. The first-order valence-electron chi connectivity index (χ1n) is 3.53. The molecule has 12 heavy (non-hydrogen) atoms. The second-order valence-electron chi connectivity index (χ2n) is 2.87. The van der Waals surface area contributed by atoms with Gasteiger partial charge in [0.1, 0.15) is 0 Å². The minimum Gasteiger partial charge on any atom is -0.465 e. The maximum Gasteiger partial charge on any atom is 0.310 e. The molecule has 0 fully saturated rings. The Morgan fingerprint density at radius 2 is 1.92 bits per heavy atom. The highest BCUT2D eigenvalue weighted by Crippen LogP contribution is 2.30. The van der Waals surface area contributed by atoms with Crippen LogP contribution in [0.5, 0.6) is 0 Å². The molecule has 0 N–H and O–H groups in total. The van der Waals surface area contributed by atoms with Crippen molar-refractivity contribution in [3.05, 3.63) is 0 Å². The Morgan fingerprint density at radius 3 is 2.25 bits per heavy atom. The maximum atomic E-state index is 10.9. The molecule has 0 amide bonds. The largest absolute Gasteiger partial charge is 0.465 e. The van der Waals surface area contributed by atoms with E-state index in [1.807, 2.05) is 13.8 Å². The van der Waals surface area contributed by atoms with Gasteiger partial charge in [0, 0.05) is 0 Å². The third-order valence-corrected chi connectivity index (χ3v) is 1.32. The average Bonchev–Trinajstić information content (AvgIpc) is 1.79. The van der Waals surface area contributed by atoms with E-state index < -0.39 is 9.76 Å². The van der Waals surface area contributed by atoms with Crippen LogP contribution < -0.4 is 0 Å². The molecule has 0 saturated heterocycles. The third kappa shape index (κ3) is 8.44. The van der Waals surface area contributed by atoms with Crippen molar-refractivity contribution in [3.8, 4) is 0 Å². The van der Waals surface area contributed by atoms with Gasteiger partial charge in [-0.3, -0.25) is 4.79 Å². The lowest BCUT2D eigenvalue weighted by molar-refractivity contribution is -0.144. The van der Waals surface area contributed by atoms with E-state index in [1.54, 1.807) is 0 Å². The number of hydrogen-bond acceptors (Lipinski definition) is 2. The van der Waals surface area contributed by atoms with Gasteiger partial charge in [-0.1, -0.05) is 48.7 Å². The van der Waals surface area contributed by atoms with Crippen LogP contribution in [0.15, 0.2) is 0 Å². The van der Waals surface area contributed by atoms with Gasteiger partial charge < -0.3 is 4.74 Å². The number of halogens is 3. The van der Waals surface area contributed by atoms with Gasteiger partial charge in [-0.2, -0.15) is 0 Å². The maximum absolute atomic E-state index is 10.9. The summed E-state index contributed by atoms with van der Waals surface area (Å²) in [5.41, 5.74) is 0. The Hall–Kier alpha value is 0.340. The van der Waals surface area contributed by atoms with E-state index in [4.69, 9.17) is 39.5 Å². The van der Waals surface area contributed by atoms with E-state index in [2.05, 4.69) is 0 Å². The Kier molecular flexibility index (Phi) is 5.30. The summed E-state index contributed by atoms with van der Waals surface area (Å²) in [5.74, 6) is -0.187. The van der Waals surface area contributed by atoms with Crippen LogP contribution in [-0.4, -0.2) is 16.4 Å². The van der Waals surface area contributed by atoms with Crippen molar-refractivity contribution in [2.75, 3.05) is 6.61 Å². The Balaban J connectivity index is 3.61. The molecule has 0 rings (SSSR count). The molecule has 2 nitrogen and oxygen atoms in total. The van der Waals surface area contributed by atoms with Crippen molar-refractivity contribution in [1.29, 1.82) is 0 Å². The smallest absolute Gasteiger partial charge is 0.310 e. The lowest BCUT2D eigenvalue weighted by Gasteiger charge is -2.11. The van der Waals surface area contributed by atoms with Gasteiger partial charge in [0.05, 0.1) is 13.0 Å². The molecule has 0 saturated carbocycles. The molecular weight excluding hydrogens is 222 g/mol. The zero-order valence-corrected chi connectivity index (χ0v) is 9.21. The van der Waals surface area contributed by atoms with Gasteiger partial charge in [-0.05, 0) is 5.92 Å². The van der Waals surface area contributed by atoms with Gasteiger partial charge in [-0.15, -0.1) is 0 Å². The molecule has 0 aromatic rings.